The van der Waals surface area contributed by atoms with Crippen molar-refractivity contribution in [2.45, 2.75) is 6.92 Å². The van der Waals surface area contributed by atoms with Gasteiger partial charge in [-0.1, -0.05) is 6.07 Å². The number of para-hydroxylation sites is 1. The first-order valence-corrected chi connectivity index (χ1v) is 8.97. The molecule has 0 saturated heterocycles. The van der Waals surface area contributed by atoms with Gasteiger partial charge in [0.05, 0.1) is 5.56 Å². The van der Waals surface area contributed by atoms with Crippen molar-refractivity contribution in [3.8, 4) is 17.3 Å². The van der Waals surface area contributed by atoms with Crippen molar-refractivity contribution < 1.29 is 14.3 Å². The molecule has 4 rings (SSSR count). The van der Waals surface area contributed by atoms with Gasteiger partial charge in [0.25, 0.3) is 5.91 Å². The van der Waals surface area contributed by atoms with Crippen LogP contribution in [0.2, 0.25) is 0 Å². The lowest BCUT2D eigenvalue weighted by atomic mass is 10.1. The molecular formula is C19H20N6O3. The molecule has 3 aromatic rings. The van der Waals surface area contributed by atoms with E-state index in [2.05, 4.69) is 25.7 Å². The fourth-order valence-corrected chi connectivity index (χ4v) is 2.88. The first kappa shape index (κ1) is 17.8. The van der Waals surface area contributed by atoms with Crippen LogP contribution in [0.4, 0.5) is 5.82 Å². The van der Waals surface area contributed by atoms with Gasteiger partial charge < -0.3 is 20.1 Å². The average Bonchev–Trinajstić information content (AvgIpc) is 3.25. The summed E-state index contributed by atoms with van der Waals surface area (Å²) < 4.78 is 12.8. The Morgan fingerprint density at radius 2 is 2.07 bits per heavy atom. The van der Waals surface area contributed by atoms with E-state index < -0.39 is 0 Å². The van der Waals surface area contributed by atoms with Gasteiger partial charge in [-0.15, -0.1) is 0 Å². The summed E-state index contributed by atoms with van der Waals surface area (Å²) in [4.78, 5) is 21.2. The molecule has 0 unspecified atom stereocenters. The van der Waals surface area contributed by atoms with E-state index in [1.54, 1.807) is 35.1 Å². The molecule has 2 aromatic heterocycles. The van der Waals surface area contributed by atoms with Crippen molar-refractivity contribution in [2.75, 3.05) is 31.6 Å². The Bertz CT molecular complexity index is 974. The minimum atomic E-state index is -0.208. The fraction of sp³-hybridized carbons (Fsp3) is 0.263. The predicted molar refractivity (Wildman–Crippen MR) is 102 cm³/mol. The number of carbonyl (C=O) groups excluding carboxylic acids is 1. The van der Waals surface area contributed by atoms with Crippen LogP contribution in [0.3, 0.4) is 0 Å². The molecule has 1 aromatic carbocycles. The molecule has 0 fully saturated rings. The second kappa shape index (κ2) is 7.95. The number of fused-ring (bicyclic) bond motifs is 1. The third kappa shape index (κ3) is 3.88. The summed E-state index contributed by atoms with van der Waals surface area (Å²) in [6.07, 6.45) is 3.51. The van der Waals surface area contributed by atoms with Gasteiger partial charge in [-0.2, -0.15) is 5.10 Å². The van der Waals surface area contributed by atoms with E-state index in [1.165, 1.54) is 0 Å². The Hall–Kier alpha value is -3.62. The normalized spacial score (nSPS) is 12.5. The molecule has 0 aliphatic carbocycles. The predicted octanol–water partition coefficient (Wildman–Crippen LogP) is 1.58. The average molecular weight is 380 g/mol. The standard InChI is InChI=1S/C19H20N6O3/c1-13-23-16(12-17(24-13)25-9-3-6-22-25)20-7-8-21-19(26)14-4-2-5-15-18(14)28-11-10-27-15/h2-6,9,12H,7-8,10-11H2,1H3,(H,21,26)(H,20,23,24). The van der Waals surface area contributed by atoms with E-state index >= 15 is 0 Å². The Balaban J connectivity index is 1.35. The summed E-state index contributed by atoms with van der Waals surface area (Å²) in [6, 6.07) is 8.93. The van der Waals surface area contributed by atoms with E-state index in [-0.39, 0.29) is 5.91 Å². The first-order valence-electron chi connectivity index (χ1n) is 8.97. The molecule has 0 saturated carbocycles. The quantitative estimate of drug-likeness (QED) is 0.626. The van der Waals surface area contributed by atoms with Crippen molar-refractivity contribution in [1.29, 1.82) is 0 Å². The second-order valence-electron chi connectivity index (χ2n) is 6.12. The summed E-state index contributed by atoms with van der Waals surface area (Å²) in [5, 5.41) is 10.2. The smallest absolute Gasteiger partial charge is 0.255 e. The molecule has 1 aliphatic heterocycles. The number of rotatable bonds is 6. The second-order valence-corrected chi connectivity index (χ2v) is 6.12. The van der Waals surface area contributed by atoms with E-state index in [1.807, 2.05) is 19.2 Å². The highest BCUT2D eigenvalue weighted by molar-refractivity contribution is 5.97. The topological polar surface area (TPSA) is 103 Å². The van der Waals surface area contributed by atoms with Crippen LogP contribution in [-0.4, -0.2) is 52.0 Å². The maximum atomic E-state index is 12.5. The Labute approximate surface area is 161 Å². The van der Waals surface area contributed by atoms with Crippen molar-refractivity contribution in [2.24, 2.45) is 0 Å². The van der Waals surface area contributed by atoms with Gasteiger partial charge in [0.2, 0.25) is 0 Å². The Kier molecular flexibility index (Phi) is 5.05. The van der Waals surface area contributed by atoms with Gasteiger partial charge in [0.15, 0.2) is 17.3 Å². The van der Waals surface area contributed by atoms with E-state index in [9.17, 15) is 4.79 Å². The number of benzene rings is 1. The lowest BCUT2D eigenvalue weighted by molar-refractivity contribution is 0.0944. The van der Waals surface area contributed by atoms with Gasteiger partial charge in [0.1, 0.15) is 24.9 Å². The monoisotopic (exact) mass is 380 g/mol. The molecule has 28 heavy (non-hydrogen) atoms. The minimum absolute atomic E-state index is 0.208. The van der Waals surface area contributed by atoms with Crippen molar-refractivity contribution in [1.82, 2.24) is 25.1 Å². The third-order valence-corrected chi connectivity index (χ3v) is 4.09. The van der Waals surface area contributed by atoms with Gasteiger partial charge in [-0.05, 0) is 25.1 Å². The van der Waals surface area contributed by atoms with Crippen LogP contribution in [0.1, 0.15) is 16.2 Å². The number of nitrogens with one attached hydrogen (secondary N) is 2. The molecule has 3 heterocycles. The lowest BCUT2D eigenvalue weighted by Gasteiger charge is -2.20. The zero-order valence-corrected chi connectivity index (χ0v) is 15.4. The third-order valence-electron chi connectivity index (χ3n) is 4.09. The van der Waals surface area contributed by atoms with E-state index in [4.69, 9.17) is 9.47 Å². The lowest BCUT2D eigenvalue weighted by Crippen LogP contribution is -2.30. The van der Waals surface area contributed by atoms with Gasteiger partial charge >= 0.3 is 0 Å². The molecule has 2 N–H and O–H groups in total. The number of hydrogen-bond donors (Lipinski definition) is 2. The summed E-state index contributed by atoms with van der Waals surface area (Å²) in [5.41, 5.74) is 0.469. The zero-order valence-electron chi connectivity index (χ0n) is 15.4. The molecule has 9 heteroatoms. The van der Waals surface area contributed by atoms with Crippen molar-refractivity contribution in [3.63, 3.8) is 0 Å². The van der Waals surface area contributed by atoms with E-state index in [0.717, 1.165) is 0 Å². The number of aryl methyl sites for hydroxylation is 1. The maximum absolute atomic E-state index is 12.5. The van der Waals surface area contributed by atoms with Crippen LogP contribution in [0.15, 0.2) is 42.7 Å². The number of amides is 1. The van der Waals surface area contributed by atoms with Crippen LogP contribution in [0.25, 0.3) is 5.82 Å². The minimum Gasteiger partial charge on any atom is -0.486 e. The molecule has 1 amide bonds. The van der Waals surface area contributed by atoms with Crippen LogP contribution in [0.5, 0.6) is 11.5 Å². The highest BCUT2D eigenvalue weighted by Crippen LogP contribution is 2.33. The first-order chi connectivity index (χ1) is 13.7. The van der Waals surface area contributed by atoms with Crippen LogP contribution in [-0.2, 0) is 0 Å². The molecule has 0 radical (unpaired) electrons. The number of ether oxygens (including phenoxy) is 2. The van der Waals surface area contributed by atoms with Gasteiger partial charge in [0, 0.05) is 31.5 Å². The number of nitrogens with zero attached hydrogens (tertiary/aromatic N) is 4. The summed E-state index contributed by atoms with van der Waals surface area (Å²) in [5.74, 6) is 2.86. The maximum Gasteiger partial charge on any atom is 0.255 e. The summed E-state index contributed by atoms with van der Waals surface area (Å²) >= 11 is 0. The van der Waals surface area contributed by atoms with Crippen LogP contribution >= 0.6 is 0 Å². The van der Waals surface area contributed by atoms with Crippen molar-refractivity contribution in [3.05, 3.63) is 54.1 Å². The highest BCUT2D eigenvalue weighted by Gasteiger charge is 2.19. The Morgan fingerprint density at radius 1 is 1.18 bits per heavy atom. The van der Waals surface area contributed by atoms with Gasteiger partial charge in [-0.3, -0.25) is 4.79 Å². The number of hydrogen-bond acceptors (Lipinski definition) is 7. The summed E-state index contributed by atoms with van der Waals surface area (Å²) in [6.45, 7) is 3.67. The molecule has 9 nitrogen and oxygen atoms in total. The molecule has 0 bridgehead atoms. The number of carbonyl (C=O) groups is 1. The molecule has 0 atom stereocenters. The number of anilines is 1. The van der Waals surface area contributed by atoms with Crippen LogP contribution in [0, 0.1) is 6.92 Å². The highest BCUT2D eigenvalue weighted by atomic mass is 16.6. The largest absolute Gasteiger partial charge is 0.486 e. The zero-order chi connectivity index (χ0) is 19.3. The van der Waals surface area contributed by atoms with Gasteiger partial charge in [-0.25, -0.2) is 14.6 Å². The SMILES string of the molecule is Cc1nc(NCCNC(=O)c2cccc3c2OCCO3)cc(-n2cccn2)n1. The molecular weight excluding hydrogens is 360 g/mol. The molecule has 1 aliphatic rings. The van der Waals surface area contributed by atoms with Crippen molar-refractivity contribution >= 4 is 11.7 Å². The fourth-order valence-electron chi connectivity index (χ4n) is 2.88. The molecule has 144 valence electrons. The Morgan fingerprint density at radius 3 is 2.93 bits per heavy atom. The molecule has 0 spiro atoms. The number of aromatic nitrogens is 4. The van der Waals surface area contributed by atoms with E-state index in [0.29, 0.717) is 60.8 Å². The van der Waals surface area contributed by atoms with Crippen LogP contribution < -0.4 is 20.1 Å². The summed E-state index contributed by atoms with van der Waals surface area (Å²) in [7, 11) is 0.